The van der Waals surface area contributed by atoms with Gasteiger partial charge in [0.25, 0.3) is 11.8 Å². The van der Waals surface area contributed by atoms with E-state index in [-0.39, 0.29) is 29.7 Å². The summed E-state index contributed by atoms with van der Waals surface area (Å²) >= 11 is 0. The molecule has 2 aliphatic rings. The Morgan fingerprint density at radius 3 is 2.47 bits per heavy atom. The van der Waals surface area contributed by atoms with Crippen molar-refractivity contribution in [2.75, 3.05) is 24.1 Å². The van der Waals surface area contributed by atoms with Gasteiger partial charge in [0, 0.05) is 35.9 Å². The second-order valence-electron chi connectivity index (χ2n) is 10.4. The molecule has 1 saturated heterocycles. The van der Waals surface area contributed by atoms with Gasteiger partial charge < -0.3 is 30.7 Å². The molecule has 9 nitrogen and oxygen atoms in total. The Balaban J connectivity index is 1.41. The van der Waals surface area contributed by atoms with Crippen LogP contribution in [0.4, 0.5) is 16.2 Å². The SMILES string of the molecule is Cc1ccc(C(=O)NC2CC2)cc1NC(=O)c1cc(OC2CCN(C(=O)OC(C)(C)C)C2)ccc1N. The van der Waals surface area contributed by atoms with Gasteiger partial charge in [-0.1, -0.05) is 6.07 Å². The first-order chi connectivity index (χ1) is 17.0. The van der Waals surface area contributed by atoms with Crippen LogP contribution in [0.2, 0.25) is 0 Å². The summed E-state index contributed by atoms with van der Waals surface area (Å²) in [7, 11) is 0. The van der Waals surface area contributed by atoms with Crippen LogP contribution in [0.3, 0.4) is 0 Å². The van der Waals surface area contributed by atoms with Crippen LogP contribution in [0.5, 0.6) is 5.75 Å². The third kappa shape index (κ3) is 6.47. The number of benzene rings is 2. The number of hydrogen-bond acceptors (Lipinski definition) is 6. The van der Waals surface area contributed by atoms with Crippen LogP contribution in [0.25, 0.3) is 0 Å². The second-order valence-corrected chi connectivity index (χ2v) is 10.4. The first kappa shape index (κ1) is 25.3. The lowest BCUT2D eigenvalue weighted by Gasteiger charge is -2.24. The molecule has 1 saturated carbocycles. The summed E-state index contributed by atoms with van der Waals surface area (Å²) in [6.45, 7) is 8.28. The maximum atomic E-state index is 13.1. The van der Waals surface area contributed by atoms with Gasteiger partial charge in [-0.2, -0.15) is 0 Å². The molecule has 1 unspecified atom stereocenters. The van der Waals surface area contributed by atoms with Crippen molar-refractivity contribution in [3.05, 3.63) is 53.1 Å². The van der Waals surface area contributed by atoms with Gasteiger partial charge in [0.1, 0.15) is 17.5 Å². The van der Waals surface area contributed by atoms with E-state index in [2.05, 4.69) is 10.6 Å². The molecule has 36 heavy (non-hydrogen) atoms. The quantitative estimate of drug-likeness (QED) is 0.520. The standard InChI is InChI=1S/C27H34N4O5/c1-16-5-6-17(24(32)29-18-7-8-18)13-23(16)30-25(33)21-14-19(9-10-22(21)28)35-20-11-12-31(15-20)26(34)36-27(2,3)4/h5-6,9-10,13-14,18,20H,7-8,11-12,15,28H2,1-4H3,(H,29,32)(H,30,33). The summed E-state index contributed by atoms with van der Waals surface area (Å²) in [5.74, 6) is -0.0674. The van der Waals surface area contributed by atoms with Crippen molar-refractivity contribution in [2.24, 2.45) is 0 Å². The molecule has 2 aromatic rings. The first-order valence-corrected chi connectivity index (χ1v) is 12.3. The molecule has 0 radical (unpaired) electrons. The van der Waals surface area contributed by atoms with E-state index in [9.17, 15) is 14.4 Å². The minimum atomic E-state index is -0.561. The number of anilines is 2. The van der Waals surface area contributed by atoms with Crippen molar-refractivity contribution in [1.82, 2.24) is 10.2 Å². The van der Waals surface area contributed by atoms with Crippen LogP contribution in [-0.2, 0) is 4.74 Å². The average molecular weight is 495 g/mol. The van der Waals surface area contributed by atoms with Gasteiger partial charge in [-0.3, -0.25) is 9.59 Å². The third-order valence-corrected chi connectivity index (χ3v) is 6.03. The Bertz CT molecular complexity index is 1170. The summed E-state index contributed by atoms with van der Waals surface area (Å²) in [5.41, 5.74) is 7.97. The van der Waals surface area contributed by atoms with E-state index >= 15 is 0 Å². The molecule has 1 atom stereocenters. The van der Waals surface area contributed by atoms with Crippen LogP contribution in [0.1, 0.15) is 66.3 Å². The topological polar surface area (TPSA) is 123 Å². The predicted octanol–water partition coefficient (Wildman–Crippen LogP) is 4.11. The Hall–Kier alpha value is -3.75. The van der Waals surface area contributed by atoms with Gasteiger partial charge in [-0.05, 0) is 76.4 Å². The molecule has 1 aliphatic carbocycles. The zero-order valence-electron chi connectivity index (χ0n) is 21.2. The molecule has 0 bridgehead atoms. The fourth-order valence-electron chi connectivity index (χ4n) is 3.90. The monoisotopic (exact) mass is 494 g/mol. The van der Waals surface area contributed by atoms with Crippen LogP contribution in [0.15, 0.2) is 36.4 Å². The van der Waals surface area contributed by atoms with Gasteiger partial charge in [0.2, 0.25) is 0 Å². The molecule has 9 heteroatoms. The van der Waals surface area contributed by atoms with Crippen LogP contribution in [-0.4, -0.2) is 53.6 Å². The van der Waals surface area contributed by atoms with Crippen LogP contribution < -0.4 is 21.1 Å². The van der Waals surface area contributed by atoms with Crippen molar-refractivity contribution >= 4 is 29.3 Å². The fourth-order valence-corrected chi connectivity index (χ4v) is 3.90. The van der Waals surface area contributed by atoms with Gasteiger partial charge in [-0.25, -0.2) is 4.79 Å². The number of nitrogens with zero attached hydrogens (tertiary/aromatic N) is 1. The van der Waals surface area contributed by atoms with Crippen molar-refractivity contribution in [3.8, 4) is 5.75 Å². The summed E-state index contributed by atoms with van der Waals surface area (Å²) in [4.78, 5) is 39.5. The molecule has 1 aliphatic heterocycles. The number of nitrogen functional groups attached to an aromatic ring is 1. The number of likely N-dealkylation sites (tertiary alicyclic amines) is 1. The molecular formula is C27H34N4O5. The molecular weight excluding hydrogens is 460 g/mol. The predicted molar refractivity (Wildman–Crippen MR) is 137 cm³/mol. The molecule has 192 valence electrons. The van der Waals surface area contributed by atoms with Gasteiger partial charge in [-0.15, -0.1) is 0 Å². The van der Waals surface area contributed by atoms with Crippen molar-refractivity contribution < 1.29 is 23.9 Å². The Kier molecular flexibility index (Phi) is 7.10. The zero-order valence-corrected chi connectivity index (χ0v) is 21.2. The van der Waals surface area contributed by atoms with Gasteiger partial charge in [0.05, 0.1) is 12.1 Å². The summed E-state index contributed by atoms with van der Waals surface area (Å²) < 4.78 is 11.5. The summed E-state index contributed by atoms with van der Waals surface area (Å²) in [6.07, 6.45) is 2.06. The van der Waals surface area contributed by atoms with E-state index in [1.54, 1.807) is 41.3 Å². The van der Waals surface area contributed by atoms with E-state index in [0.29, 0.717) is 42.2 Å². The lowest BCUT2D eigenvalue weighted by atomic mass is 10.1. The number of hydrogen-bond donors (Lipinski definition) is 3. The highest BCUT2D eigenvalue weighted by Gasteiger charge is 2.31. The summed E-state index contributed by atoms with van der Waals surface area (Å²) in [6, 6.07) is 10.4. The zero-order chi connectivity index (χ0) is 26.0. The van der Waals surface area contributed by atoms with Crippen molar-refractivity contribution in [1.29, 1.82) is 0 Å². The first-order valence-electron chi connectivity index (χ1n) is 12.3. The number of carbonyl (C=O) groups is 3. The highest BCUT2D eigenvalue weighted by molar-refractivity contribution is 6.09. The molecule has 4 rings (SSSR count). The van der Waals surface area contributed by atoms with Crippen LogP contribution in [0, 0.1) is 6.92 Å². The number of amides is 3. The number of nitrogens with two attached hydrogens (primary N) is 1. The molecule has 2 aromatic carbocycles. The average Bonchev–Trinajstić information content (AvgIpc) is 3.49. The smallest absolute Gasteiger partial charge is 0.410 e. The highest BCUT2D eigenvalue weighted by atomic mass is 16.6. The molecule has 4 N–H and O–H groups in total. The lowest BCUT2D eigenvalue weighted by Crippen LogP contribution is -2.36. The maximum Gasteiger partial charge on any atom is 0.410 e. The van der Waals surface area contributed by atoms with Crippen molar-refractivity contribution in [2.45, 2.75) is 64.7 Å². The highest BCUT2D eigenvalue weighted by Crippen LogP contribution is 2.26. The number of carbonyl (C=O) groups excluding carboxylic acids is 3. The Morgan fingerprint density at radius 1 is 1.03 bits per heavy atom. The van der Waals surface area contributed by atoms with E-state index in [4.69, 9.17) is 15.2 Å². The fraction of sp³-hybridized carbons (Fsp3) is 0.444. The number of rotatable bonds is 6. The van der Waals surface area contributed by atoms with Gasteiger partial charge >= 0.3 is 6.09 Å². The third-order valence-electron chi connectivity index (χ3n) is 6.03. The van der Waals surface area contributed by atoms with E-state index < -0.39 is 11.5 Å². The second kappa shape index (κ2) is 10.1. The normalized spacial score (nSPS) is 17.4. The van der Waals surface area contributed by atoms with E-state index in [0.717, 1.165) is 18.4 Å². The molecule has 1 heterocycles. The molecule has 0 spiro atoms. The van der Waals surface area contributed by atoms with Crippen LogP contribution >= 0.6 is 0 Å². The van der Waals surface area contributed by atoms with E-state index in [1.165, 1.54) is 0 Å². The minimum absolute atomic E-state index is 0.153. The number of aryl methyl sites for hydroxylation is 1. The number of ether oxygens (including phenoxy) is 2. The lowest BCUT2D eigenvalue weighted by molar-refractivity contribution is 0.0275. The van der Waals surface area contributed by atoms with Crippen molar-refractivity contribution in [3.63, 3.8) is 0 Å². The Labute approximate surface area is 211 Å². The van der Waals surface area contributed by atoms with E-state index in [1.807, 2.05) is 27.7 Å². The molecule has 2 fully saturated rings. The summed E-state index contributed by atoms with van der Waals surface area (Å²) in [5, 5.41) is 5.83. The maximum absolute atomic E-state index is 13.1. The molecule has 3 amide bonds. The molecule has 0 aromatic heterocycles. The largest absolute Gasteiger partial charge is 0.488 e. The minimum Gasteiger partial charge on any atom is -0.488 e. The van der Waals surface area contributed by atoms with Gasteiger partial charge in [0.15, 0.2) is 0 Å². The number of nitrogens with one attached hydrogen (secondary N) is 2. The Morgan fingerprint density at radius 2 is 1.78 bits per heavy atom.